The summed E-state index contributed by atoms with van der Waals surface area (Å²) in [4.78, 5) is 0. The molecule has 5 heteroatoms. The summed E-state index contributed by atoms with van der Waals surface area (Å²) in [6.07, 6.45) is 39.3. The quantitative estimate of drug-likeness (QED) is 0.0289. The standard InChI is InChI=1S/C59H89N2O3/c1-4-7-10-13-16-19-22-25-28-35-42-62-54-45-51(59-60-47-49-38-31-33-40-52(49)56(60)57-53-41-34-32-39-50(53)48-61(57)59)46-55(63-43-36-29-26-23-20-17-14-11-8-5-2)58(54)64-44-37-30-27-24-21-18-15-12-9-6-3/h31-34,38-41,45-46H,4-30,35-37,42-44,47-48H2,1-3H3/q+1. The number of imidazole rings is 1. The molecule has 0 spiro atoms. The molecule has 0 atom stereocenters. The van der Waals surface area contributed by atoms with Crippen molar-refractivity contribution in [3.8, 4) is 51.2 Å². The fourth-order valence-corrected chi connectivity index (χ4v) is 10.3. The van der Waals surface area contributed by atoms with Crippen LogP contribution in [-0.4, -0.2) is 24.4 Å². The van der Waals surface area contributed by atoms with Crippen LogP contribution in [0.3, 0.4) is 0 Å². The molecule has 0 N–H and O–H groups in total. The Morgan fingerprint density at radius 3 is 1.30 bits per heavy atom. The summed E-state index contributed by atoms with van der Waals surface area (Å²) in [7, 11) is 0. The topological polar surface area (TPSA) is 36.5 Å². The van der Waals surface area contributed by atoms with E-state index in [4.69, 9.17) is 14.2 Å². The molecule has 0 amide bonds. The molecule has 0 aliphatic carbocycles. The zero-order valence-corrected chi connectivity index (χ0v) is 41.1. The summed E-state index contributed by atoms with van der Waals surface area (Å²) in [6, 6.07) is 22.6. The highest BCUT2D eigenvalue weighted by Gasteiger charge is 2.42. The van der Waals surface area contributed by atoms with Gasteiger partial charge in [0.2, 0.25) is 5.75 Å². The SMILES string of the molecule is CCCCCCCCCCCCOc1cc(-c2n3c(c4[n+]2Cc2ccccc2-4)-c2ccccc2C3)cc(OCCCCCCCCCCCC)c1OCCCCCCCCCCCC. The minimum Gasteiger partial charge on any atom is -0.490 e. The molecule has 5 nitrogen and oxygen atoms in total. The van der Waals surface area contributed by atoms with Crippen molar-refractivity contribution in [1.29, 1.82) is 0 Å². The van der Waals surface area contributed by atoms with E-state index >= 15 is 0 Å². The molecule has 4 aromatic rings. The Kier molecular flexibility index (Phi) is 22.5. The molecule has 2 aliphatic heterocycles. The normalized spacial score (nSPS) is 12.4. The van der Waals surface area contributed by atoms with Crippen LogP contribution >= 0.6 is 0 Å². The maximum absolute atomic E-state index is 6.88. The third kappa shape index (κ3) is 14.9. The van der Waals surface area contributed by atoms with Crippen molar-refractivity contribution < 1.29 is 18.8 Å². The lowest BCUT2D eigenvalue weighted by Crippen LogP contribution is -2.34. The van der Waals surface area contributed by atoms with Gasteiger partial charge in [-0.1, -0.05) is 243 Å². The lowest BCUT2D eigenvalue weighted by Gasteiger charge is -2.19. The number of aromatic nitrogens is 2. The molecule has 64 heavy (non-hydrogen) atoms. The van der Waals surface area contributed by atoms with Gasteiger partial charge in [-0.3, -0.25) is 0 Å². The average Bonchev–Trinajstić information content (AvgIpc) is 3.97. The molecule has 0 unspecified atom stereocenters. The smallest absolute Gasteiger partial charge is 0.290 e. The van der Waals surface area contributed by atoms with Crippen LogP contribution in [0.4, 0.5) is 0 Å². The van der Waals surface area contributed by atoms with Gasteiger partial charge in [0.05, 0.1) is 25.4 Å². The second-order valence-corrected chi connectivity index (χ2v) is 19.4. The first kappa shape index (κ1) is 49.7. The van der Waals surface area contributed by atoms with Crippen molar-refractivity contribution in [2.75, 3.05) is 19.8 Å². The lowest BCUT2D eigenvalue weighted by atomic mass is 10.0. The van der Waals surface area contributed by atoms with Crippen LogP contribution in [0.2, 0.25) is 0 Å². The highest BCUT2D eigenvalue weighted by molar-refractivity contribution is 5.85. The number of unbranched alkanes of at least 4 members (excludes halogenated alkanes) is 27. The largest absolute Gasteiger partial charge is 0.490 e. The number of nitrogens with zero attached hydrogens (tertiary/aromatic N) is 2. The predicted molar refractivity (Wildman–Crippen MR) is 271 cm³/mol. The van der Waals surface area contributed by atoms with Crippen LogP contribution < -0.4 is 18.8 Å². The van der Waals surface area contributed by atoms with Crippen LogP contribution in [0.5, 0.6) is 17.2 Å². The first-order valence-electron chi connectivity index (χ1n) is 27.1. The van der Waals surface area contributed by atoms with E-state index in [0.717, 1.165) is 55.2 Å². The van der Waals surface area contributed by atoms with Crippen molar-refractivity contribution >= 4 is 0 Å². The van der Waals surface area contributed by atoms with Crippen molar-refractivity contribution in [1.82, 2.24) is 4.57 Å². The van der Waals surface area contributed by atoms with Gasteiger partial charge in [0, 0.05) is 22.3 Å². The second kappa shape index (κ2) is 29.0. The van der Waals surface area contributed by atoms with Gasteiger partial charge in [-0.15, -0.1) is 0 Å². The maximum atomic E-state index is 6.88. The van der Waals surface area contributed by atoms with Gasteiger partial charge in [-0.2, -0.15) is 0 Å². The molecule has 0 bridgehead atoms. The fraction of sp³-hybridized carbons (Fsp3) is 0.644. The third-order valence-corrected chi connectivity index (χ3v) is 14.0. The molecule has 0 saturated heterocycles. The molecule has 1 aromatic heterocycles. The number of fused-ring (bicyclic) bond motifs is 7. The molecule has 0 fully saturated rings. The summed E-state index contributed by atoms with van der Waals surface area (Å²) in [5, 5.41) is 0. The van der Waals surface area contributed by atoms with Crippen LogP contribution in [0.15, 0.2) is 60.7 Å². The van der Waals surface area contributed by atoms with E-state index in [0.29, 0.717) is 19.8 Å². The summed E-state index contributed by atoms with van der Waals surface area (Å²) < 4.78 is 25.7. The third-order valence-electron chi connectivity index (χ3n) is 14.0. The minimum absolute atomic E-state index is 0.689. The summed E-state index contributed by atoms with van der Waals surface area (Å²) in [5.74, 6) is 3.72. The number of rotatable bonds is 37. The Morgan fingerprint density at radius 1 is 0.438 bits per heavy atom. The van der Waals surface area contributed by atoms with Crippen LogP contribution in [0, 0.1) is 0 Å². The van der Waals surface area contributed by atoms with E-state index < -0.39 is 0 Å². The maximum Gasteiger partial charge on any atom is 0.290 e. The minimum atomic E-state index is 0.689. The van der Waals surface area contributed by atoms with E-state index in [1.807, 2.05) is 0 Å². The van der Waals surface area contributed by atoms with Crippen molar-refractivity contribution in [3.05, 3.63) is 71.8 Å². The Bertz CT molecular complexity index is 1790. The molecule has 3 aromatic carbocycles. The predicted octanol–water partition coefficient (Wildman–Crippen LogP) is 17.4. The van der Waals surface area contributed by atoms with Gasteiger partial charge in [-0.05, 0) is 31.4 Å². The molecule has 0 saturated carbocycles. The molecule has 6 rings (SSSR count). The van der Waals surface area contributed by atoms with E-state index in [2.05, 4.69) is 90.6 Å². The van der Waals surface area contributed by atoms with Crippen LogP contribution in [0.1, 0.15) is 225 Å². The Hall–Kier alpha value is -3.73. The van der Waals surface area contributed by atoms with Gasteiger partial charge in [0.25, 0.3) is 5.82 Å². The van der Waals surface area contributed by atoms with E-state index in [1.165, 1.54) is 213 Å². The van der Waals surface area contributed by atoms with Gasteiger partial charge in [0.1, 0.15) is 13.1 Å². The first-order valence-corrected chi connectivity index (χ1v) is 27.1. The van der Waals surface area contributed by atoms with Crippen LogP contribution in [0.25, 0.3) is 33.9 Å². The summed E-state index contributed by atoms with van der Waals surface area (Å²) >= 11 is 0. The van der Waals surface area contributed by atoms with E-state index in [-0.39, 0.29) is 0 Å². The van der Waals surface area contributed by atoms with Crippen molar-refractivity contribution in [2.45, 2.75) is 226 Å². The molecule has 2 aliphatic rings. The molecular formula is C59H89N2O3+. The Labute approximate surface area is 391 Å². The van der Waals surface area contributed by atoms with E-state index in [1.54, 1.807) is 0 Å². The lowest BCUT2D eigenvalue weighted by molar-refractivity contribution is -0.660. The average molecular weight is 874 g/mol. The highest BCUT2D eigenvalue weighted by atomic mass is 16.5. The number of ether oxygens (including phenoxy) is 3. The van der Waals surface area contributed by atoms with Crippen molar-refractivity contribution in [3.63, 3.8) is 0 Å². The van der Waals surface area contributed by atoms with Crippen LogP contribution in [-0.2, 0) is 13.1 Å². The summed E-state index contributed by atoms with van der Waals surface area (Å²) in [5.41, 5.74) is 9.28. The Balaban J connectivity index is 1.20. The zero-order valence-electron chi connectivity index (χ0n) is 41.1. The number of hydrogen-bond acceptors (Lipinski definition) is 3. The van der Waals surface area contributed by atoms with Gasteiger partial charge in [0.15, 0.2) is 22.9 Å². The number of hydrogen-bond donors (Lipinski definition) is 0. The molecular weight excluding hydrogens is 785 g/mol. The van der Waals surface area contributed by atoms with Gasteiger partial charge >= 0.3 is 0 Å². The highest BCUT2D eigenvalue weighted by Crippen LogP contribution is 2.47. The fourth-order valence-electron chi connectivity index (χ4n) is 10.3. The molecule has 352 valence electrons. The van der Waals surface area contributed by atoms with Gasteiger partial charge in [-0.25, -0.2) is 9.13 Å². The van der Waals surface area contributed by atoms with Gasteiger partial charge < -0.3 is 14.2 Å². The van der Waals surface area contributed by atoms with Crippen molar-refractivity contribution in [2.24, 2.45) is 0 Å². The van der Waals surface area contributed by atoms with E-state index in [9.17, 15) is 0 Å². The zero-order chi connectivity index (χ0) is 44.4. The first-order chi connectivity index (χ1) is 31.7. The number of benzene rings is 3. The summed E-state index contributed by atoms with van der Waals surface area (Å²) in [6.45, 7) is 10.7. The Morgan fingerprint density at radius 2 is 0.828 bits per heavy atom. The second-order valence-electron chi connectivity index (χ2n) is 19.4. The monoisotopic (exact) mass is 874 g/mol. The molecule has 0 radical (unpaired) electrons. The molecule has 3 heterocycles.